The van der Waals surface area contributed by atoms with Crippen molar-refractivity contribution in [3.05, 3.63) is 56.0 Å². The van der Waals surface area contributed by atoms with Gasteiger partial charge in [0.1, 0.15) is 11.4 Å². The molecule has 0 bridgehead atoms. The fraction of sp³-hybridized carbons (Fsp3) is 0.200. The van der Waals surface area contributed by atoms with Crippen LogP contribution in [-0.2, 0) is 0 Å². The first kappa shape index (κ1) is 15.3. The fourth-order valence-electron chi connectivity index (χ4n) is 2.09. The lowest BCUT2D eigenvalue weighted by Crippen LogP contribution is -1.99. The molecule has 2 rings (SSSR count). The van der Waals surface area contributed by atoms with Crippen molar-refractivity contribution in [3.8, 4) is 11.5 Å². The largest absolute Gasteiger partial charge is 0.450 e. The minimum Gasteiger partial charge on any atom is -0.450 e. The first-order chi connectivity index (χ1) is 9.93. The number of aryl methyl sites for hydroxylation is 2. The smallest absolute Gasteiger partial charge is 0.334 e. The van der Waals surface area contributed by atoms with Crippen LogP contribution in [0.4, 0.5) is 11.4 Å². The van der Waals surface area contributed by atoms with E-state index in [0.29, 0.717) is 11.4 Å². The highest BCUT2D eigenvalue weighted by molar-refractivity contribution is 9.10. The molecular weight excluding hydrogens is 336 g/mol. The summed E-state index contributed by atoms with van der Waals surface area (Å²) in [5.74, 6) is 0.789. The fourth-order valence-corrected chi connectivity index (χ4v) is 2.32. The van der Waals surface area contributed by atoms with Crippen molar-refractivity contribution in [1.29, 1.82) is 0 Å². The van der Waals surface area contributed by atoms with Crippen molar-refractivity contribution in [3.63, 3.8) is 0 Å². The van der Waals surface area contributed by atoms with Crippen LogP contribution in [0.3, 0.4) is 0 Å². The number of nitrogens with one attached hydrogen (secondary N) is 1. The predicted molar refractivity (Wildman–Crippen MR) is 86.3 cm³/mol. The van der Waals surface area contributed by atoms with E-state index in [4.69, 9.17) is 4.74 Å². The number of halogens is 1. The molecule has 0 aliphatic carbocycles. The van der Waals surface area contributed by atoms with Gasteiger partial charge in [-0.3, -0.25) is 10.1 Å². The summed E-state index contributed by atoms with van der Waals surface area (Å²) < 4.78 is 6.74. The summed E-state index contributed by atoms with van der Waals surface area (Å²) in [6, 6.07) is 8.63. The van der Waals surface area contributed by atoms with Crippen LogP contribution >= 0.6 is 15.9 Å². The summed E-state index contributed by atoms with van der Waals surface area (Å²) >= 11 is 3.49. The summed E-state index contributed by atoms with van der Waals surface area (Å²) in [5.41, 5.74) is 2.37. The lowest BCUT2D eigenvalue weighted by Gasteiger charge is -2.11. The van der Waals surface area contributed by atoms with Crippen molar-refractivity contribution < 1.29 is 9.66 Å². The molecule has 2 aromatic carbocycles. The van der Waals surface area contributed by atoms with E-state index < -0.39 is 4.92 Å². The van der Waals surface area contributed by atoms with Crippen molar-refractivity contribution >= 4 is 27.3 Å². The molecule has 6 heteroatoms. The van der Waals surface area contributed by atoms with Gasteiger partial charge in [-0.1, -0.05) is 22.0 Å². The maximum Gasteiger partial charge on any atom is 0.334 e. The summed E-state index contributed by atoms with van der Waals surface area (Å²) in [6.07, 6.45) is 0. The van der Waals surface area contributed by atoms with Crippen LogP contribution in [0.1, 0.15) is 11.1 Å². The van der Waals surface area contributed by atoms with Crippen LogP contribution in [0.2, 0.25) is 0 Å². The number of hydrogen-bond acceptors (Lipinski definition) is 4. The summed E-state index contributed by atoms with van der Waals surface area (Å²) in [4.78, 5) is 10.8. The first-order valence-corrected chi connectivity index (χ1v) is 7.13. The molecule has 0 spiro atoms. The molecule has 0 radical (unpaired) electrons. The van der Waals surface area contributed by atoms with Crippen molar-refractivity contribution in [2.24, 2.45) is 0 Å². The Bertz CT molecular complexity index is 678. The molecule has 2 aromatic rings. The minimum atomic E-state index is -0.445. The first-order valence-electron chi connectivity index (χ1n) is 6.33. The second-order valence-electron chi connectivity index (χ2n) is 4.63. The van der Waals surface area contributed by atoms with Crippen LogP contribution in [0.5, 0.6) is 11.5 Å². The maximum atomic E-state index is 11.3. The van der Waals surface area contributed by atoms with Gasteiger partial charge in [0.2, 0.25) is 5.75 Å². The van der Waals surface area contributed by atoms with E-state index in [9.17, 15) is 10.1 Å². The molecular formula is C15H15BrN2O3. The van der Waals surface area contributed by atoms with Gasteiger partial charge in [-0.25, -0.2) is 0 Å². The highest BCUT2D eigenvalue weighted by atomic mass is 79.9. The van der Waals surface area contributed by atoms with Gasteiger partial charge in [-0.05, 0) is 49.2 Å². The third kappa shape index (κ3) is 3.16. The summed E-state index contributed by atoms with van der Waals surface area (Å²) in [7, 11) is 1.64. The molecule has 0 aliphatic heterocycles. The van der Waals surface area contributed by atoms with E-state index in [1.54, 1.807) is 25.2 Å². The monoisotopic (exact) mass is 350 g/mol. The zero-order chi connectivity index (χ0) is 15.6. The Kier molecular flexibility index (Phi) is 4.47. The number of nitro benzene ring substituents is 1. The SMILES string of the molecule is CNc1cccc(Oc2cc(C)c(Br)c(C)c2)c1[N+](=O)[O-]. The van der Waals surface area contributed by atoms with E-state index in [1.807, 2.05) is 26.0 Å². The summed E-state index contributed by atoms with van der Waals surface area (Å²) in [6.45, 7) is 3.89. The second-order valence-corrected chi connectivity index (χ2v) is 5.43. The van der Waals surface area contributed by atoms with Crippen molar-refractivity contribution in [2.45, 2.75) is 13.8 Å². The van der Waals surface area contributed by atoms with Gasteiger partial charge < -0.3 is 10.1 Å². The number of hydrogen-bond donors (Lipinski definition) is 1. The zero-order valence-corrected chi connectivity index (χ0v) is 13.5. The third-order valence-corrected chi connectivity index (χ3v) is 4.34. The number of nitro groups is 1. The van der Waals surface area contributed by atoms with Gasteiger partial charge in [0.15, 0.2) is 0 Å². The van der Waals surface area contributed by atoms with E-state index >= 15 is 0 Å². The van der Waals surface area contributed by atoms with Crippen molar-refractivity contribution in [1.82, 2.24) is 0 Å². The van der Waals surface area contributed by atoms with Gasteiger partial charge in [0, 0.05) is 11.5 Å². The zero-order valence-electron chi connectivity index (χ0n) is 11.9. The third-order valence-electron chi connectivity index (χ3n) is 3.09. The normalized spacial score (nSPS) is 10.3. The highest BCUT2D eigenvalue weighted by Gasteiger charge is 2.21. The van der Waals surface area contributed by atoms with E-state index in [-0.39, 0.29) is 11.4 Å². The number of para-hydroxylation sites is 1. The Balaban J connectivity index is 2.47. The van der Waals surface area contributed by atoms with Crippen LogP contribution in [0, 0.1) is 24.0 Å². The molecule has 0 fully saturated rings. The summed E-state index contributed by atoms with van der Waals surface area (Å²) in [5, 5.41) is 14.1. The number of ether oxygens (including phenoxy) is 1. The maximum absolute atomic E-state index is 11.3. The van der Waals surface area contributed by atoms with Crippen LogP contribution in [0.25, 0.3) is 0 Å². The standard InChI is InChI=1S/C15H15BrN2O3/c1-9-7-11(8-10(2)14(9)16)21-13-6-4-5-12(17-3)15(13)18(19)20/h4-8,17H,1-3H3. The topological polar surface area (TPSA) is 64.4 Å². The quantitative estimate of drug-likeness (QED) is 0.634. The Morgan fingerprint density at radius 2 is 1.86 bits per heavy atom. The van der Waals surface area contributed by atoms with Gasteiger partial charge in [-0.15, -0.1) is 0 Å². The minimum absolute atomic E-state index is 0.0711. The Labute approximate surface area is 131 Å². The molecule has 1 N–H and O–H groups in total. The molecule has 21 heavy (non-hydrogen) atoms. The Hall–Kier alpha value is -2.08. The molecule has 5 nitrogen and oxygen atoms in total. The Morgan fingerprint density at radius 1 is 1.24 bits per heavy atom. The molecule has 0 aromatic heterocycles. The molecule has 0 aliphatic rings. The van der Waals surface area contributed by atoms with E-state index in [0.717, 1.165) is 15.6 Å². The van der Waals surface area contributed by atoms with E-state index in [2.05, 4.69) is 21.2 Å². The molecule has 0 amide bonds. The van der Waals surface area contributed by atoms with Crippen LogP contribution < -0.4 is 10.1 Å². The van der Waals surface area contributed by atoms with Gasteiger partial charge in [0.25, 0.3) is 0 Å². The van der Waals surface area contributed by atoms with Crippen LogP contribution in [-0.4, -0.2) is 12.0 Å². The molecule has 110 valence electrons. The molecule has 0 heterocycles. The average Bonchev–Trinajstić information content (AvgIpc) is 2.44. The van der Waals surface area contributed by atoms with E-state index in [1.165, 1.54) is 0 Å². The van der Waals surface area contributed by atoms with Crippen LogP contribution in [0.15, 0.2) is 34.8 Å². The number of anilines is 1. The molecule has 0 atom stereocenters. The molecule has 0 saturated heterocycles. The van der Waals surface area contributed by atoms with Crippen molar-refractivity contribution in [2.75, 3.05) is 12.4 Å². The molecule has 0 unspecified atom stereocenters. The molecule has 0 saturated carbocycles. The number of rotatable bonds is 4. The van der Waals surface area contributed by atoms with Gasteiger partial charge >= 0.3 is 5.69 Å². The van der Waals surface area contributed by atoms with Gasteiger partial charge in [-0.2, -0.15) is 0 Å². The number of nitrogens with zero attached hydrogens (tertiary/aromatic N) is 1. The number of benzene rings is 2. The van der Waals surface area contributed by atoms with Gasteiger partial charge in [0.05, 0.1) is 4.92 Å². The second kappa shape index (κ2) is 6.13. The Morgan fingerprint density at radius 3 is 2.38 bits per heavy atom. The average molecular weight is 351 g/mol. The predicted octanol–water partition coefficient (Wildman–Crippen LogP) is 4.81. The highest BCUT2D eigenvalue weighted by Crippen LogP contribution is 2.38. The lowest BCUT2D eigenvalue weighted by atomic mass is 10.1. The lowest BCUT2D eigenvalue weighted by molar-refractivity contribution is -0.384.